The highest BCUT2D eigenvalue weighted by atomic mass is 32.1. The number of hydrogen-bond donors (Lipinski definition) is 1. The zero-order chi connectivity index (χ0) is 18.0. The van der Waals surface area contributed by atoms with Crippen LogP contribution in [0.25, 0.3) is 10.9 Å². The normalized spacial score (nSPS) is 10.8. The van der Waals surface area contributed by atoms with Crippen molar-refractivity contribution in [2.45, 2.75) is 26.8 Å². The number of thiazole rings is 1. The number of para-hydroxylation sites is 1. The lowest BCUT2D eigenvalue weighted by molar-refractivity contribution is -0.116. The smallest absolute Gasteiger partial charge is 0.251 e. The molecular formula is C18H19N3O3S. The van der Waals surface area contributed by atoms with Crippen molar-refractivity contribution in [2.24, 2.45) is 0 Å². The van der Waals surface area contributed by atoms with E-state index in [1.54, 1.807) is 17.7 Å². The number of methoxy groups -OCH3 is 1. The summed E-state index contributed by atoms with van der Waals surface area (Å²) in [6.07, 6.45) is 0.175. The first-order valence-corrected chi connectivity index (χ1v) is 8.76. The number of rotatable bonds is 5. The van der Waals surface area contributed by atoms with Crippen LogP contribution in [-0.4, -0.2) is 22.6 Å². The maximum absolute atomic E-state index is 12.5. The zero-order valence-corrected chi connectivity index (χ0v) is 15.1. The van der Waals surface area contributed by atoms with E-state index in [-0.39, 0.29) is 24.4 Å². The summed E-state index contributed by atoms with van der Waals surface area (Å²) in [7, 11) is 1.57. The second kappa shape index (κ2) is 7.06. The number of carbonyl (C=O) groups excluding carboxylic acids is 1. The summed E-state index contributed by atoms with van der Waals surface area (Å²) in [5.74, 6) is 0.444. The molecule has 0 spiro atoms. The highest BCUT2D eigenvalue weighted by Gasteiger charge is 2.13. The van der Waals surface area contributed by atoms with Crippen LogP contribution in [0.1, 0.15) is 17.7 Å². The molecule has 0 saturated carbocycles. The maximum Gasteiger partial charge on any atom is 0.251 e. The number of pyridine rings is 1. The monoisotopic (exact) mass is 357 g/mol. The number of ether oxygens (including phenoxy) is 1. The van der Waals surface area contributed by atoms with Crippen LogP contribution in [0, 0.1) is 13.8 Å². The lowest BCUT2D eigenvalue weighted by atomic mass is 10.1. The van der Waals surface area contributed by atoms with Gasteiger partial charge in [0.25, 0.3) is 5.56 Å². The van der Waals surface area contributed by atoms with Gasteiger partial charge >= 0.3 is 0 Å². The molecular weight excluding hydrogens is 338 g/mol. The number of benzene rings is 1. The molecule has 1 N–H and O–H groups in total. The van der Waals surface area contributed by atoms with Crippen LogP contribution in [0.15, 0.2) is 34.4 Å². The molecule has 3 rings (SSSR count). The first kappa shape index (κ1) is 17.2. The summed E-state index contributed by atoms with van der Waals surface area (Å²) in [6, 6.07) is 7.24. The van der Waals surface area contributed by atoms with Crippen LogP contribution in [-0.2, 0) is 11.3 Å². The van der Waals surface area contributed by atoms with Gasteiger partial charge in [-0.2, -0.15) is 0 Å². The molecule has 2 aromatic heterocycles. The minimum absolute atomic E-state index is 0.146. The second-order valence-electron chi connectivity index (χ2n) is 5.77. The molecule has 0 radical (unpaired) electrons. The van der Waals surface area contributed by atoms with Crippen LogP contribution < -0.4 is 15.6 Å². The number of aromatic nitrogens is 2. The lowest BCUT2D eigenvalue weighted by Crippen LogP contribution is -2.24. The van der Waals surface area contributed by atoms with E-state index in [2.05, 4.69) is 10.3 Å². The lowest BCUT2D eigenvalue weighted by Gasteiger charge is -2.14. The van der Waals surface area contributed by atoms with Crippen LogP contribution in [0.3, 0.4) is 0 Å². The van der Waals surface area contributed by atoms with Crippen molar-refractivity contribution in [1.82, 2.24) is 9.55 Å². The highest BCUT2D eigenvalue weighted by molar-refractivity contribution is 7.13. The largest absolute Gasteiger partial charge is 0.495 e. The van der Waals surface area contributed by atoms with Crippen LogP contribution in [0.4, 0.5) is 5.13 Å². The van der Waals surface area contributed by atoms with E-state index >= 15 is 0 Å². The van der Waals surface area contributed by atoms with Crippen molar-refractivity contribution >= 4 is 33.3 Å². The molecule has 25 heavy (non-hydrogen) atoms. The van der Waals surface area contributed by atoms with Gasteiger partial charge in [0.15, 0.2) is 5.13 Å². The maximum atomic E-state index is 12.5. The average Bonchev–Trinajstić information content (AvgIpc) is 2.99. The third kappa shape index (κ3) is 3.56. The molecule has 0 aliphatic carbocycles. The molecule has 130 valence electrons. The average molecular weight is 357 g/mol. The Hall–Kier alpha value is -2.67. The summed E-state index contributed by atoms with van der Waals surface area (Å²) < 4.78 is 7.01. The van der Waals surface area contributed by atoms with E-state index in [9.17, 15) is 9.59 Å². The molecule has 0 bridgehead atoms. The Bertz CT molecular complexity index is 991. The fourth-order valence-corrected chi connectivity index (χ4v) is 3.47. The minimum Gasteiger partial charge on any atom is -0.495 e. The van der Waals surface area contributed by atoms with E-state index in [4.69, 9.17) is 4.74 Å². The summed E-state index contributed by atoms with van der Waals surface area (Å²) >= 11 is 1.38. The summed E-state index contributed by atoms with van der Waals surface area (Å²) in [6.45, 7) is 4.04. The number of amides is 1. The molecule has 0 unspecified atom stereocenters. The van der Waals surface area contributed by atoms with Crippen molar-refractivity contribution < 1.29 is 9.53 Å². The van der Waals surface area contributed by atoms with Gasteiger partial charge in [0.2, 0.25) is 5.91 Å². The van der Waals surface area contributed by atoms with Crippen LogP contribution in [0.2, 0.25) is 0 Å². The molecule has 3 aromatic rings. The van der Waals surface area contributed by atoms with E-state index in [0.29, 0.717) is 16.4 Å². The molecule has 6 nitrogen and oxygen atoms in total. The zero-order valence-electron chi connectivity index (χ0n) is 14.3. The Morgan fingerprint density at radius 2 is 2.16 bits per heavy atom. The third-order valence-electron chi connectivity index (χ3n) is 3.95. The third-order valence-corrected chi connectivity index (χ3v) is 4.82. The predicted octanol–water partition coefficient (Wildman–Crippen LogP) is 3.11. The molecule has 0 fully saturated rings. The second-order valence-corrected chi connectivity index (χ2v) is 6.62. The van der Waals surface area contributed by atoms with Gasteiger partial charge in [-0.1, -0.05) is 12.1 Å². The van der Waals surface area contributed by atoms with Crippen LogP contribution in [0.5, 0.6) is 5.75 Å². The quantitative estimate of drug-likeness (QED) is 0.761. The van der Waals surface area contributed by atoms with Gasteiger partial charge in [0.1, 0.15) is 5.75 Å². The highest BCUT2D eigenvalue weighted by Crippen LogP contribution is 2.26. The number of carbonyl (C=O) groups is 1. The molecule has 2 heterocycles. The minimum atomic E-state index is -0.176. The predicted molar refractivity (Wildman–Crippen MR) is 99.6 cm³/mol. The van der Waals surface area contributed by atoms with E-state index in [0.717, 1.165) is 16.6 Å². The first-order valence-electron chi connectivity index (χ1n) is 7.88. The fourth-order valence-electron chi connectivity index (χ4n) is 2.76. The Morgan fingerprint density at radius 3 is 2.84 bits per heavy atom. The van der Waals surface area contributed by atoms with Crippen LogP contribution >= 0.6 is 11.3 Å². The number of anilines is 1. The summed E-state index contributed by atoms with van der Waals surface area (Å²) in [5.41, 5.74) is 2.32. The van der Waals surface area contributed by atoms with Gasteiger partial charge in [-0.15, -0.1) is 11.3 Å². The molecule has 0 atom stereocenters. The SMILES string of the molecule is COc1cccc2c(C)cc(=O)n(CCC(=O)Nc3nc(C)cs3)c12. The van der Waals surface area contributed by atoms with Gasteiger partial charge in [-0.05, 0) is 25.5 Å². The molecule has 0 saturated heterocycles. The van der Waals surface area contributed by atoms with Crippen molar-refractivity contribution in [1.29, 1.82) is 0 Å². The van der Waals surface area contributed by atoms with Gasteiger partial charge < -0.3 is 14.6 Å². The van der Waals surface area contributed by atoms with Crippen molar-refractivity contribution in [2.75, 3.05) is 12.4 Å². The molecule has 1 aromatic carbocycles. The van der Waals surface area contributed by atoms with Gasteiger partial charge in [0.05, 0.1) is 18.3 Å². The van der Waals surface area contributed by atoms with E-state index in [1.165, 1.54) is 11.3 Å². The Morgan fingerprint density at radius 1 is 1.36 bits per heavy atom. The number of fused-ring (bicyclic) bond motifs is 1. The van der Waals surface area contributed by atoms with Gasteiger partial charge in [-0.25, -0.2) is 4.98 Å². The first-order chi connectivity index (χ1) is 12.0. The van der Waals surface area contributed by atoms with Crippen molar-refractivity contribution in [3.05, 3.63) is 51.3 Å². The Kier molecular flexibility index (Phi) is 4.85. The van der Waals surface area contributed by atoms with Crippen molar-refractivity contribution in [3.63, 3.8) is 0 Å². The van der Waals surface area contributed by atoms with Crippen molar-refractivity contribution in [3.8, 4) is 5.75 Å². The number of hydrogen-bond acceptors (Lipinski definition) is 5. The topological polar surface area (TPSA) is 73.2 Å². The summed E-state index contributed by atoms with van der Waals surface area (Å²) in [5, 5.41) is 6.15. The molecule has 0 aliphatic heterocycles. The number of nitrogens with one attached hydrogen (secondary N) is 1. The summed E-state index contributed by atoms with van der Waals surface area (Å²) in [4.78, 5) is 28.8. The molecule has 7 heteroatoms. The standard InChI is InChI=1S/C18H19N3O3S/c1-11-9-16(23)21(17-13(11)5-4-6-14(17)24-3)8-7-15(22)20-18-19-12(2)10-25-18/h4-6,9-10H,7-8H2,1-3H3,(H,19,20,22). The number of aryl methyl sites for hydroxylation is 3. The van der Waals surface area contributed by atoms with Gasteiger partial charge in [0, 0.05) is 29.8 Å². The molecule has 0 aliphatic rings. The van der Waals surface area contributed by atoms with E-state index in [1.807, 2.05) is 37.4 Å². The molecule has 1 amide bonds. The van der Waals surface area contributed by atoms with Gasteiger partial charge in [-0.3, -0.25) is 9.59 Å². The number of nitrogens with zero attached hydrogens (tertiary/aromatic N) is 2. The Balaban J connectivity index is 1.88. The fraction of sp³-hybridized carbons (Fsp3) is 0.278. The Labute approximate surface area is 149 Å². The van der Waals surface area contributed by atoms with E-state index < -0.39 is 0 Å².